The highest BCUT2D eigenvalue weighted by atomic mass is 32.2. The van der Waals surface area contributed by atoms with Crippen LogP contribution in [0.3, 0.4) is 0 Å². The number of methoxy groups -OCH3 is 1. The maximum Gasteiger partial charge on any atom is 0.327 e. The molecule has 178 valence electrons. The molecule has 0 aliphatic carbocycles. The summed E-state index contributed by atoms with van der Waals surface area (Å²) in [5.41, 5.74) is -1.29. The van der Waals surface area contributed by atoms with Gasteiger partial charge in [0.25, 0.3) is 0 Å². The lowest BCUT2D eigenvalue weighted by Crippen LogP contribution is -2.57. The molecule has 1 aliphatic heterocycles. The van der Waals surface area contributed by atoms with E-state index in [0.717, 1.165) is 7.11 Å². The minimum atomic E-state index is -4.33. The number of hydrogen-bond donors (Lipinski definition) is 1. The largest absolute Gasteiger partial charge is 0.468 e. The molecule has 1 saturated heterocycles. The van der Waals surface area contributed by atoms with E-state index in [2.05, 4.69) is 5.32 Å². The Morgan fingerprint density at radius 2 is 1.21 bits per heavy atom. The Kier molecular flexibility index (Phi) is 6.37. The normalized spacial score (nSPS) is 25.1. The molecule has 0 bridgehead atoms. The molecule has 7 nitrogen and oxygen atoms in total. The number of nitrogens with one attached hydrogen (secondary N) is 1. The zero-order valence-corrected chi connectivity index (χ0v) is 20.3. The lowest BCUT2D eigenvalue weighted by Gasteiger charge is -2.30. The van der Waals surface area contributed by atoms with Gasteiger partial charge in [0.15, 0.2) is 19.7 Å². The van der Waals surface area contributed by atoms with Crippen LogP contribution in [0.5, 0.6) is 0 Å². The zero-order chi connectivity index (χ0) is 24.6. The van der Waals surface area contributed by atoms with Crippen molar-refractivity contribution in [2.75, 3.05) is 7.11 Å². The first kappa shape index (κ1) is 24.1. The SMILES string of the molecule is COC(=O)[C@@]1(C)N[C@@H](c2ccccc2)[C@H](S(=O)(=O)c2ccccc2)[C@H]1S(=O)(=O)c1ccccc1. The summed E-state index contributed by atoms with van der Waals surface area (Å²) in [4.78, 5) is 13.0. The number of sulfone groups is 2. The van der Waals surface area contributed by atoms with Gasteiger partial charge in [-0.25, -0.2) is 16.8 Å². The number of hydrogen-bond acceptors (Lipinski definition) is 7. The van der Waals surface area contributed by atoms with Gasteiger partial charge in [0.2, 0.25) is 0 Å². The van der Waals surface area contributed by atoms with E-state index in [0.29, 0.717) is 5.56 Å². The Morgan fingerprint density at radius 3 is 1.68 bits per heavy atom. The third kappa shape index (κ3) is 3.93. The van der Waals surface area contributed by atoms with Gasteiger partial charge in [0.1, 0.15) is 16.0 Å². The molecular formula is C25H25NO6S2. The average molecular weight is 500 g/mol. The Balaban J connectivity index is 2.03. The molecule has 1 fully saturated rings. The molecule has 0 radical (unpaired) electrons. The molecule has 3 aromatic rings. The average Bonchev–Trinajstić information content (AvgIpc) is 3.21. The van der Waals surface area contributed by atoms with Crippen LogP contribution in [0.4, 0.5) is 0 Å². The molecule has 3 aromatic carbocycles. The highest BCUT2D eigenvalue weighted by Gasteiger charge is 2.65. The second-order valence-electron chi connectivity index (χ2n) is 8.33. The van der Waals surface area contributed by atoms with Crippen molar-refractivity contribution in [2.24, 2.45) is 0 Å². The molecule has 34 heavy (non-hydrogen) atoms. The summed E-state index contributed by atoms with van der Waals surface area (Å²) >= 11 is 0. The third-order valence-corrected chi connectivity index (χ3v) is 11.0. The van der Waals surface area contributed by atoms with Gasteiger partial charge >= 0.3 is 5.97 Å². The lowest BCUT2D eigenvalue weighted by molar-refractivity contribution is -0.147. The van der Waals surface area contributed by atoms with Crippen LogP contribution in [-0.4, -0.2) is 46.0 Å². The van der Waals surface area contributed by atoms with Crippen LogP contribution in [0.2, 0.25) is 0 Å². The molecule has 1 aliphatic rings. The Morgan fingerprint density at radius 1 is 0.765 bits per heavy atom. The van der Waals surface area contributed by atoms with Crippen molar-refractivity contribution < 1.29 is 26.4 Å². The van der Waals surface area contributed by atoms with Gasteiger partial charge in [-0.05, 0) is 36.8 Å². The first-order chi connectivity index (χ1) is 16.1. The van der Waals surface area contributed by atoms with Gasteiger partial charge in [-0.1, -0.05) is 66.7 Å². The van der Waals surface area contributed by atoms with Crippen molar-refractivity contribution in [3.63, 3.8) is 0 Å². The van der Waals surface area contributed by atoms with E-state index in [1.165, 1.54) is 31.2 Å². The van der Waals surface area contributed by atoms with Gasteiger partial charge < -0.3 is 4.74 Å². The highest BCUT2D eigenvalue weighted by molar-refractivity contribution is 7.96. The Bertz CT molecular complexity index is 1380. The second kappa shape index (κ2) is 8.98. The van der Waals surface area contributed by atoms with E-state index in [4.69, 9.17) is 4.74 Å². The van der Waals surface area contributed by atoms with Gasteiger partial charge in [0, 0.05) is 0 Å². The van der Waals surface area contributed by atoms with E-state index in [9.17, 15) is 21.6 Å². The standard InChI is InChI=1S/C25H25NO6S2/c1-25(24(27)32-2)23(34(30,31)20-16-10-5-11-17-20)22(21(26-25)18-12-6-3-7-13-18)33(28,29)19-14-8-4-9-15-19/h3-17,21-23,26H,1-2H3/t21-,22-,23+,25-/m0/s1. The molecule has 4 atom stereocenters. The second-order valence-corrected chi connectivity index (χ2v) is 12.5. The fourth-order valence-corrected chi connectivity index (χ4v) is 9.70. The summed E-state index contributed by atoms with van der Waals surface area (Å²) in [7, 11) is -7.41. The smallest absolute Gasteiger partial charge is 0.327 e. The predicted octanol–water partition coefficient (Wildman–Crippen LogP) is 2.95. The summed E-state index contributed by atoms with van der Waals surface area (Å²) in [5.74, 6) is -0.858. The molecule has 4 rings (SSSR count). The summed E-state index contributed by atoms with van der Waals surface area (Å²) in [6.45, 7) is 1.39. The van der Waals surface area contributed by atoms with Crippen molar-refractivity contribution in [1.29, 1.82) is 0 Å². The number of ether oxygens (including phenoxy) is 1. The minimum absolute atomic E-state index is 0.0230. The fourth-order valence-electron chi connectivity index (χ4n) is 4.66. The molecule has 0 unspecified atom stereocenters. The van der Waals surface area contributed by atoms with Crippen molar-refractivity contribution >= 4 is 25.6 Å². The maximum absolute atomic E-state index is 14.0. The van der Waals surface area contributed by atoms with Crippen LogP contribution in [-0.2, 0) is 29.2 Å². The molecule has 1 heterocycles. The Labute approximate surface area is 199 Å². The van der Waals surface area contributed by atoms with E-state index >= 15 is 0 Å². The molecular weight excluding hydrogens is 474 g/mol. The van der Waals surface area contributed by atoms with E-state index in [-0.39, 0.29) is 9.79 Å². The van der Waals surface area contributed by atoms with E-state index in [1.807, 2.05) is 0 Å². The number of rotatable bonds is 6. The van der Waals surface area contributed by atoms with Crippen LogP contribution >= 0.6 is 0 Å². The van der Waals surface area contributed by atoms with Crippen molar-refractivity contribution in [3.05, 3.63) is 96.6 Å². The van der Waals surface area contributed by atoms with Crippen molar-refractivity contribution in [1.82, 2.24) is 5.32 Å². The van der Waals surface area contributed by atoms with E-state index in [1.54, 1.807) is 66.7 Å². The highest BCUT2D eigenvalue weighted by Crippen LogP contribution is 2.45. The number of benzene rings is 3. The molecule has 9 heteroatoms. The van der Waals surface area contributed by atoms with Gasteiger partial charge in [-0.2, -0.15) is 0 Å². The first-order valence-corrected chi connectivity index (χ1v) is 13.7. The summed E-state index contributed by atoms with van der Waals surface area (Å²) in [6, 6.07) is 22.9. The van der Waals surface area contributed by atoms with Crippen LogP contribution in [0.1, 0.15) is 18.5 Å². The molecule has 1 N–H and O–H groups in total. The van der Waals surface area contributed by atoms with Crippen LogP contribution < -0.4 is 5.32 Å². The van der Waals surface area contributed by atoms with Crippen LogP contribution in [0, 0.1) is 0 Å². The topological polar surface area (TPSA) is 107 Å². The van der Waals surface area contributed by atoms with E-state index < -0.39 is 47.7 Å². The monoisotopic (exact) mass is 499 g/mol. The predicted molar refractivity (Wildman–Crippen MR) is 128 cm³/mol. The zero-order valence-electron chi connectivity index (χ0n) is 18.7. The summed E-state index contributed by atoms with van der Waals surface area (Å²) in [6.07, 6.45) is 0. The van der Waals surface area contributed by atoms with Crippen molar-refractivity contribution in [2.45, 2.75) is 38.8 Å². The lowest BCUT2D eigenvalue weighted by atomic mass is 9.99. The van der Waals surface area contributed by atoms with Gasteiger partial charge in [-0.3, -0.25) is 10.1 Å². The molecule has 0 aromatic heterocycles. The van der Waals surface area contributed by atoms with Crippen LogP contribution in [0.25, 0.3) is 0 Å². The van der Waals surface area contributed by atoms with Crippen LogP contribution in [0.15, 0.2) is 101 Å². The number of carbonyl (C=O) groups is 1. The summed E-state index contributed by atoms with van der Waals surface area (Å²) in [5, 5.41) is -0.116. The summed E-state index contributed by atoms with van der Waals surface area (Å²) < 4.78 is 61.1. The minimum Gasteiger partial charge on any atom is -0.468 e. The van der Waals surface area contributed by atoms with Gasteiger partial charge in [0.05, 0.1) is 22.9 Å². The maximum atomic E-state index is 14.0. The molecule has 0 saturated carbocycles. The number of esters is 1. The fraction of sp³-hybridized carbons (Fsp3) is 0.240. The number of carbonyl (C=O) groups excluding carboxylic acids is 1. The molecule has 0 amide bonds. The van der Waals surface area contributed by atoms with Gasteiger partial charge in [-0.15, -0.1) is 0 Å². The quantitative estimate of drug-likeness (QED) is 0.520. The first-order valence-electron chi connectivity index (χ1n) is 10.6. The molecule has 0 spiro atoms. The van der Waals surface area contributed by atoms with Crippen molar-refractivity contribution in [3.8, 4) is 0 Å². The Hall–Kier alpha value is -3.01. The third-order valence-electron chi connectivity index (χ3n) is 6.26.